The summed E-state index contributed by atoms with van der Waals surface area (Å²) in [5.41, 5.74) is 1.88. The van der Waals surface area contributed by atoms with E-state index >= 15 is 0 Å². The van der Waals surface area contributed by atoms with E-state index in [1.165, 1.54) is 59.9 Å². The molecule has 184 valence electrons. The molecule has 0 atom stereocenters. The zero-order valence-corrected chi connectivity index (χ0v) is 20.1. The maximum Gasteiger partial charge on any atom is 0.255 e. The first-order valence-electron chi connectivity index (χ1n) is 10.7. The van der Waals surface area contributed by atoms with E-state index in [0.717, 1.165) is 6.26 Å². The third kappa shape index (κ3) is 7.11. The van der Waals surface area contributed by atoms with Gasteiger partial charge in [-0.3, -0.25) is 13.9 Å². The van der Waals surface area contributed by atoms with Gasteiger partial charge in [0.15, 0.2) is 0 Å². The molecule has 3 rings (SSSR count). The van der Waals surface area contributed by atoms with E-state index in [0.29, 0.717) is 35.7 Å². The summed E-state index contributed by atoms with van der Waals surface area (Å²) in [4.78, 5) is 25.3. The zero-order valence-electron chi connectivity index (χ0n) is 19.3. The topological polar surface area (TPSA) is 105 Å². The minimum absolute atomic E-state index is 0.0101. The summed E-state index contributed by atoms with van der Waals surface area (Å²) in [7, 11) is -2.12. The lowest BCUT2D eigenvalue weighted by Gasteiger charge is -2.23. The molecule has 0 heterocycles. The molecule has 0 aromatic heterocycles. The number of para-hydroxylation sites is 1. The smallest absolute Gasteiger partial charge is 0.255 e. The van der Waals surface area contributed by atoms with Crippen molar-refractivity contribution in [2.24, 2.45) is 0 Å². The second kappa shape index (κ2) is 11.6. The van der Waals surface area contributed by atoms with Crippen molar-refractivity contribution in [3.8, 4) is 0 Å². The summed E-state index contributed by atoms with van der Waals surface area (Å²) < 4.78 is 44.1. The fourth-order valence-corrected chi connectivity index (χ4v) is 4.17. The first kappa shape index (κ1) is 25.9. The van der Waals surface area contributed by atoms with Gasteiger partial charge in [0, 0.05) is 19.2 Å². The number of carbonyl (C=O) groups excluding carboxylic acids is 2. The fraction of sp³-hybridized carbons (Fsp3) is 0.200. The van der Waals surface area contributed by atoms with Crippen LogP contribution in [-0.2, 0) is 21.3 Å². The molecular weight excluding hydrogens is 473 g/mol. The Morgan fingerprint density at radius 2 is 1.60 bits per heavy atom. The minimum Gasteiger partial charge on any atom is -0.383 e. The van der Waals surface area contributed by atoms with Gasteiger partial charge in [-0.1, -0.05) is 24.3 Å². The number of hydrogen-bond acceptors (Lipinski definition) is 5. The van der Waals surface area contributed by atoms with Crippen LogP contribution < -0.4 is 14.9 Å². The van der Waals surface area contributed by atoms with Crippen LogP contribution in [0.3, 0.4) is 0 Å². The normalized spacial score (nSPS) is 11.1. The van der Waals surface area contributed by atoms with Crippen LogP contribution in [0.2, 0.25) is 0 Å². The Kier molecular flexibility index (Phi) is 8.56. The number of sulfonamides is 1. The molecule has 10 heteroatoms. The monoisotopic (exact) mass is 499 g/mol. The molecule has 0 saturated carbocycles. The molecule has 0 fully saturated rings. The van der Waals surface area contributed by atoms with Gasteiger partial charge in [-0.05, 0) is 54.1 Å². The van der Waals surface area contributed by atoms with Crippen LogP contribution in [0.1, 0.15) is 26.3 Å². The molecule has 0 aliphatic heterocycles. The predicted molar refractivity (Wildman–Crippen MR) is 132 cm³/mol. The SMILES string of the molecule is COCCNC(=O)c1ccccc1NC(=O)c1ccc(N(Cc2ccc(F)cc2)S(C)(=O)=O)cc1. The third-order valence-electron chi connectivity index (χ3n) is 5.07. The second-order valence-corrected chi connectivity index (χ2v) is 9.60. The number of hydrogen-bond donors (Lipinski definition) is 2. The van der Waals surface area contributed by atoms with Crippen LogP contribution >= 0.6 is 0 Å². The van der Waals surface area contributed by atoms with Crippen molar-refractivity contribution < 1.29 is 27.1 Å². The summed E-state index contributed by atoms with van der Waals surface area (Å²) in [5, 5.41) is 5.44. The van der Waals surface area contributed by atoms with Gasteiger partial charge < -0.3 is 15.4 Å². The lowest BCUT2D eigenvalue weighted by molar-refractivity contribution is 0.0938. The van der Waals surface area contributed by atoms with Gasteiger partial charge in [-0.2, -0.15) is 0 Å². The highest BCUT2D eigenvalue weighted by Crippen LogP contribution is 2.22. The van der Waals surface area contributed by atoms with Crippen LogP contribution in [0.4, 0.5) is 15.8 Å². The van der Waals surface area contributed by atoms with Crippen LogP contribution in [-0.4, -0.2) is 46.7 Å². The average Bonchev–Trinajstić information content (AvgIpc) is 2.83. The standard InChI is InChI=1S/C25H26FN3O5S/c1-34-16-15-27-25(31)22-5-3-4-6-23(22)28-24(30)19-9-13-21(14-10-19)29(35(2,32)33)17-18-7-11-20(26)12-8-18/h3-14H,15-17H2,1-2H3,(H,27,31)(H,28,30). The first-order chi connectivity index (χ1) is 16.7. The molecule has 0 aliphatic rings. The number of anilines is 2. The number of halogens is 1. The van der Waals surface area contributed by atoms with Crippen LogP contribution in [0.25, 0.3) is 0 Å². The number of carbonyl (C=O) groups is 2. The molecule has 0 bridgehead atoms. The molecule has 2 N–H and O–H groups in total. The molecule has 8 nitrogen and oxygen atoms in total. The number of ether oxygens (including phenoxy) is 1. The third-order valence-corrected chi connectivity index (χ3v) is 6.21. The summed E-state index contributed by atoms with van der Waals surface area (Å²) in [6, 6.07) is 18.2. The Morgan fingerprint density at radius 3 is 2.23 bits per heavy atom. The number of benzene rings is 3. The maximum atomic E-state index is 13.2. The lowest BCUT2D eigenvalue weighted by Crippen LogP contribution is -2.29. The van der Waals surface area contributed by atoms with Gasteiger partial charge >= 0.3 is 0 Å². The van der Waals surface area contributed by atoms with E-state index in [1.807, 2.05) is 0 Å². The number of nitrogens with one attached hydrogen (secondary N) is 2. The summed E-state index contributed by atoms with van der Waals surface area (Å²) in [6.07, 6.45) is 1.08. The van der Waals surface area contributed by atoms with Crippen LogP contribution in [0.5, 0.6) is 0 Å². The second-order valence-electron chi connectivity index (χ2n) is 7.69. The Hall–Kier alpha value is -3.76. The van der Waals surface area contributed by atoms with Crippen molar-refractivity contribution in [2.75, 3.05) is 36.1 Å². The fourth-order valence-electron chi connectivity index (χ4n) is 3.28. The number of methoxy groups -OCH3 is 1. The van der Waals surface area contributed by atoms with Gasteiger partial charge in [0.1, 0.15) is 5.82 Å². The van der Waals surface area contributed by atoms with Gasteiger partial charge in [0.05, 0.1) is 36.3 Å². The minimum atomic E-state index is -3.65. The van der Waals surface area contributed by atoms with Crippen molar-refractivity contribution in [2.45, 2.75) is 6.54 Å². The molecule has 0 spiro atoms. The summed E-state index contributed by atoms with van der Waals surface area (Å²) in [5.74, 6) is -1.22. The van der Waals surface area contributed by atoms with Crippen molar-refractivity contribution in [1.29, 1.82) is 0 Å². The largest absolute Gasteiger partial charge is 0.383 e. The number of nitrogens with zero attached hydrogens (tertiary/aromatic N) is 1. The quantitative estimate of drug-likeness (QED) is 0.416. The Labute approximate surface area is 203 Å². The highest BCUT2D eigenvalue weighted by molar-refractivity contribution is 7.92. The number of amides is 2. The van der Waals surface area contributed by atoms with Gasteiger partial charge in [-0.25, -0.2) is 12.8 Å². The van der Waals surface area contributed by atoms with E-state index in [-0.39, 0.29) is 18.0 Å². The molecule has 0 saturated heterocycles. The molecule has 3 aromatic carbocycles. The Balaban J connectivity index is 1.76. The molecule has 0 aliphatic carbocycles. The van der Waals surface area contributed by atoms with Crippen molar-refractivity contribution >= 4 is 33.2 Å². The maximum absolute atomic E-state index is 13.2. The molecule has 35 heavy (non-hydrogen) atoms. The van der Waals surface area contributed by atoms with Crippen molar-refractivity contribution in [3.05, 3.63) is 95.3 Å². The molecule has 2 amide bonds. The molecule has 0 radical (unpaired) electrons. The van der Waals surface area contributed by atoms with Gasteiger partial charge in [0.25, 0.3) is 11.8 Å². The first-order valence-corrected chi connectivity index (χ1v) is 12.5. The Morgan fingerprint density at radius 1 is 0.943 bits per heavy atom. The average molecular weight is 500 g/mol. The Bertz CT molecular complexity index is 1280. The van der Waals surface area contributed by atoms with Crippen molar-refractivity contribution in [1.82, 2.24) is 5.32 Å². The van der Waals surface area contributed by atoms with Gasteiger partial charge in [0.2, 0.25) is 10.0 Å². The lowest BCUT2D eigenvalue weighted by atomic mass is 10.1. The molecule has 3 aromatic rings. The van der Waals surface area contributed by atoms with E-state index in [9.17, 15) is 22.4 Å². The van der Waals surface area contributed by atoms with Crippen LogP contribution in [0.15, 0.2) is 72.8 Å². The predicted octanol–water partition coefficient (Wildman–Crippen LogP) is 3.42. The molecule has 0 unspecified atom stereocenters. The summed E-state index contributed by atoms with van der Waals surface area (Å²) >= 11 is 0. The van der Waals surface area contributed by atoms with Gasteiger partial charge in [-0.15, -0.1) is 0 Å². The van der Waals surface area contributed by atoms with E-state index in [1.54, 1.807) is 24.3 Å². The zero-order chi connectivity index (χ0) is 25.4. The van der Waals surface area contributed by atoms with E-state index in [2.05, 4.69) is 10.6 Å². The number of rotatable bonds is 10. The summed E-state index contributed by atoms with van der Waals surface area (Å²) in [6.45, 7) is 0.697. The highest BCUT2D eigenvalue weighted by Gasteiger charge is 2.19. The van der Waals surface area contributed by atoms with E-state index in [4.69, 9.17) is 4.74 Å². The molecular formula is C25H26FN3O5S. The highest BCUT2D eigenvalue weighted by atomic mass is 32.2. The van der Waals surface area contributed by atoms with Crippen molar-refractivity contribution in [3.63, 3.8) is 0 Å². The van der Waals surface area contributed by atoms with E-state index < -0.39 is 21.7 Å². The van der Waals surface area contributed by atoms with Crippen LogP contribution in [0, 0.1) is 5.82 Å².